The highest BCUT2D eigenvalue weighted by Crippen LogP contribution is 2.19. The van der Waals surface area contributed by atoms with Crippen molar-refractivity contribution in [1.29, 1.82) is 0 Å². The molecule has 0 aliphatic carbocycles. The van der Waals surface area contributed by atoms with Crippen molar-refractivity contribution in [3.8, 4) is 0 Å². The van der Waals surface area contributed by atoms with Crippen molar-refractivity contribution in [1.82, 2.24) is 4.90 Å². The Hall–Kier alpha value is -2.62. The van der Waals surface area contributed by atoms with E-state index < -0.39 is 6.09 Å². The molecule has 3 rings (SSSR count). The Morgan fingerprint density at radius 3 is 2.50 bits per heavy atom. The maximum Gasteiger partial charge on any atom is 0.416 e. The van der Waals surface area contributed by atoms with Gasteiger partial charge in [0.05, 0.1) is 6.04 Å². The molecule has 0 aromatic heterocycles. The summed E-state index contributed by atoms with van der Waals surface area (Å²) >= 11 is 0. The molecular formula is C20H21NO3. The molecule has 1 fully saturated rings. The fraction of sp³-hybridized carbons (Fsp3) is 0.300. The molecular weight excluding hydrogens is 302 g/mol. The number of benzene rings is 2. The summed E-state index contributed by atoms with van der Waals surface area (Å²) in [5, 5.41) is 0. The molecule has 0 bridgehead atoms. The van der Waals surface area contributed by atoms with E-state index in [0.29, 0.717) is 19.3 Å². The Morgan fingerprint density at radius 2 is 1.79 bits per heavy atom. The third kappa shape index (κ3) is 3.82. The lowest BCUT2D eigenvalue weighted by molar-refractivity contribution is -0.129. The second-order valence-electron chi connectivity index (χ2n) is 6.17. The Labute approximate surface area is 142 Å². The van der Waals surface area contributed by atoms with Gasteiger partial charge in [-0.15, -0.1) is 0 Å². The van der Waals surface area contributed by atoms with Gasteiger partial charge in [0.2, 0.25) is 5.91 Å². The molecule has 4 nitrogen and oxygen atoms in total. The molecule has 124 valence electrons. The third-order valence-electron chi connectivity index (χ3n) is 4.29. The molecule has 1 unspecified atom stereocenters. The largest absolute Gasteiger partial charge is 0.447 e. The number of amides is 2. The number of ether oxygens (including phenoxy) is 1. The predicted octanol–water partition coefficient (Wildman–Crippen LogP) is 3.52. The molecule has 1 aliphatic rings. The predicted molar refractivity (Wildman–Crippen MR) is 91.6 cm³/mol. The van der Waals surface area contributed by atoms with Crippen LogP contribution in [0.1, 0.15) is 23.1 Å². The lowest BCUT2D eigenvalue weighted by atomic mass is 10.0. The standard InChI is InChI=1S/C20H21NO3/c1-15-7-9-16(10-8-15)11-12-19(22)21-18(14-24-20(21)23)13-17-5-3-2-4-6-17/h2-10,18H,11-14H2,1H3. The topological polar surface area (TPSA) is 46.6 Å². The Bertz CT molecular complexity index is 709. The Kier molecular flexibility index (Phi) is 4.94. The van der Waals surface area contributed by atoms with E-state index in [2.05, 4.69) is 0 Å². The van der Waals surface area contributed by atoms with Gasteiger partial charge in [-0.1, -0.05) is 60.2 Å². The van der Waals surface area contributed by atoms with E-state index in [1.807, 2.05) is 61.5 Å². The fourth-order valence-corrected chi connectivity index (χ4v) is 2.93. The first kappa shape index (κ1) is 16.2. The number of imide groups is 1. The molecule has 2 aromatic carbocycles. The van der Waals surface area contributed by atoms with Crippen molar-refractivity contribution in [3.05, 3.63) is 71.3 Å². The zero-order valence-corrected chi connectivity index (χ0v) is 13.8. The Morgan fingerprint density at radius 1 is 1.08 bits per heavy atom. The molecule has 2 aromatic rings. The van der Waals surface area contributed by atoms with Crippen LogP contribution >= 0.6 is 0 Å². The molecule has 0 saturated carbocycles. The molecule has 1 atom stereocenters. The van der Waals surface area contributed by atoms with Crippen LogP contribution in [0.4, 0.5) is 4.79 Å². The first-order chi connectivity index (χ1) is 11.6. The summed E-state index contributed by atoms with van der Waals surface area (Å²) in [7, 11) is 0. The van der Waals surface area contributed by atoms with Crippen molar-refractivity contribution in [3.63, 3.8) is 0 Å². The van der Waals surface area contributed by atoms with Crippen LogP contribution in [-0.2, 0) is 22.4 Å². The average molecular weight is 323 g/mol. The van der Waals surface area contributed by atoms with Gasteiger partial charge in [0.25, 0.3) is 0 Å². The van der Waals surface area contributed by atoms with Crippen molar-refractivity contribution < 1.29 is 14.3 Å². The number of cyclic esters (lactones) is 1. The van der Waals surface area contributed by atoms with Gasteiger partial charge in [0, 0.05) is 6.42 Å². The van der Waals surface area contributed by atoms with E-state index in [9.17, 15) is 9.59 Å². The minimum absolute atomic E-state index is 0.168. The fourth-order valence-electron chi connectivity index (χ4n) is 2.93. The third-order valence-corrected chi connectivity index (χ3v) is 4.29. The van der Waals surface area contributed by atoms with Gasteiger partial charge >= 0.3 is 6.09 Å². The monoisotopic (exact) mass is 323 g/mol. The number of hydrogen-bond acceptors (Lipinski definition) is 3. The maximum atomic E-state index is 12.5. The van der Waals surface area contributed by atoms with Crippen LogP contribution in [0.25, 0.3) is 0 Å². The summed E-state index contributed by atoms with van der Waals surface area (Å²) in [5.74, 6) is -0.168. The molecule has 0 spiro atoms. The highest BCUT2D eigenvalue weighted by Gasteiger charge is 2.37. The van der Waals surface area contributed by atoms with E-state index in [1.165, 1.54) is 10.5 Å². The summed E-state index contributed by atoms with van der Waals surface area (Å²) in [6.07, 6.45) is 1.04. The summed E-state index contributed by atoms with van der Waals surface area (Å²) in [5.41, 5.74) is 3.38. The molecule has 4 heteroatoms. The quantitative estimate of drug-likeness (QED) is 0.846. The van der Waals surface area contributed by atoms with Gasteiger partial charge in [-0.2, -0.15) is 0 Å². The first-order valence-corrected chi connectivity index (χ1v) is 8.22. The van der Waals surface area contributed by atoms with E-state index >= 15 is 0 Å². The average Bonchev–Trinajstić information content (AvgIpc) is 2.95. The highest BCUT2D eigenvalue weighted by molar-refractivity contribution is 5.93. The number of aryl methyl sites for hydroxylation is 2. The minimum atomic E-state index is -0.523. The highest BCUT2D eigenvalue weighted by atomic mass is 16.6. The van der Waals surface area contributed by atoms with Gasteiger partial charge in [0.15, 0.2) is 0 Å². The van der Waals surface area contributed by atoms with Crippen molar-refractivity contribution in [2.75, 3.05) is 6.61 Å². The molecule has 0 N–H and O–H groups in total. The van der Waals surface area contributed by atoms with Crippen LogP contribution < -0.4 is 0 Å². The number of hydrogen-bond donors (Lipinski definition) is 0. The van der Waals surface area contributed by atoms with Crippen LogP contribution in [-0.4, -0.2) is 29.5 Å². The SMILES string of the molecule is Cc1ccc(CCC(=O)N2C(=O)OCC2Cc2ccccc2)cc1. The van der Waals surface area contributed by atoms with Crippen molar-refractivity contribution in [2.24, 2.45) is 0 Å². The zero-order valence-electron chi connectivity index (χ0n) is 13.8. The maximum absolute atomic E-state index is 12.5. The zero-order chi connectivity index (χ0) is 16.9. The molecule has 24 heavy (non-hydrogen) atoms. The molecule has 1 heterocycles. The van der Waals surface area contributed by atoms with Crippen LogP contribution in [0, 0.1) is 6.92 Å². The summed E-state index contributed by atoms with van der Waals surface area (Å²) in [4.78, 5) is 25.8. The van der Waals surface area contributed by atoms with Gasteiger partial charge < -0.3 is 4.74 Å². The van der Waals surface area contributed by atoms with Gasteiger partial charge in [-0.25, -0.2) is 9.69 Å². The normalized spacial score (nSPS) is 17.0. The number of carbonyl (C=O) groups is 2. The molecule has 1 saturated heterocycles. The smallest absolute Gasteiger partial charge is 0.416 e. The lowest BCUT2D eigenvalue weighted by Crippen LogP contribution is -2.40. The van der Waals surface area contributed by atoms with E-state index in [0.717, 1.165) is 11.1 Å². The summed E-state index contributed by atoms with van der Waals surface area (Å²) in [6.45, 7) is 2.30. The van der Waals surface area contributed by atoms with Crippen molar-refractivity contribution in [2.45, 2.75) is 32.2 Å². The van der Waals surface area contributed by atoms with Gasteiger partial charge in [-0.05, 0) is 30.9 Å². The first-order valence-electron chi connectivity index (χ1n) is 8.22. The van der Waals surface area contributed by atoms with E-state index in [4.69, 9.17) is 4.74 Å². The summed E-state index contributed by atoms with van der Waals surface area (Å²) < 4.78 is 5.11. The molecule has 2 amide bonds. The number of carbonyl (C=O) groups excluding carboxylic acids is 2. The minimum Gasteiger partial charge on any atom is -0.447 e. The van der Waals surface area contributed by atoms with Crippen molar-refractivity contribution >= 4 is 12.0 Å². The summed E-state index contributed by atoms with van der Waals surface area (Å²) in [6, 6.07) is 17.7. The van der Waals surface area contributed by atoms with Gasteiger partial charge in [-0.3, -0.25) is 4.79 Å². The molecule has 1 aliphatic heterocycles. The van der Waals surface area contributed by atoms with Crippen LogP contribution in [0.2, 0.25) is 0 Å². The van der Waals surface area contributed by atoms with Crippen LogP contribution in [0.5, 0.6) is 0 Å². The lowest BCUT2D eigenvalue weighted by Gasteiger charge is -2.19. The molecule has 0 radical (unpaired) electrons. The van der Waals surface area contributed by atoms with E-state index in [1.54, 1.807) is 0 Å². The second kappa shape index (κ2) is 7.30. The van der Waals surface area contributed by atoms with E-state index in [-0.39, 0.29) is 18.6 Å². The van der Waals surface area contributed by atoms with Crippen LogP contribution in [0.15, 0.2) is 54.6 Å². The second-order valence-corrected chi connectivity index (χ2v) is 6.17. The van der Waals surface area contributed by atoms with Crippen LogP contribution in [0.3, 0.4) is 0 Å². The number of nitrogens with zero attached hydrogens (tertiary/aromatic N) is 1. The van der Waals surface area contributed by atoms with Gasteiger partial charge in [0.1, 0.15) is 6.61 Å². The number of rotatable bonds is 5. The Balaban J connectivity index is 1.62.